The average Bonchev–Trinajstić information content (AvgIpc) is 2.00. The summed E-state index contributed by atoms with van der Waals surface area (Å²) in [4.78, 5) is 2.73. The van der Waals surface area contributed by atoms with Crippen molar-refractivity contribution < 1.29 is 0 Å². The van der Waals surface area contributed by atoms with Crippen molar-refractivity contribution in [3.63, 3.8) is 0 Å². The lowest BCUT2D eigenvalue weighted by atomic mass is 9.59. The zero-order valence-corrected chi connectivity index (χ0v) is 8.87. The summed E-state index contributed by atoms with van der Waals surface area (Å²) in [5.41, 5.74) is 0. The van der Waals surface area contributed by atoms with Crippen LogP contribution in [0.3, 0.4) is 0 Å². The van der Waals surface area contributed by atoms with Crippen LogP contribution in [0.5, 0.6) is 0 Å². The van der Waals surface area contributed by atoms with Crippen LogP contribution in [0.15, 0.2) is 0 Å². The maximum atomic E-state index is 2.73. The summed E-state index contributed by atoms with van der Waals surface area (Å²) in [5, 5.41) is 0. The second-order valence-corrected chi connectivity index (χ2v) is 5.90. The van der Waals surface area contributed by atoms with Gasteiger partial charge in [0, 0.05) is 19.6 Å². The summed E-state index contributed by atoms with van der Waals surface area (Å²) in [6, 6.07) is 0. The topological polar surface area (TPSA) is 3.24 Å². The summed E-state index contributed by atoms with van der Waals surface area (Å²) < 4.78 is 0. The zero-order chi connectivity index (χ0) is 9.00. The Hall–Kier alpha value is -0.0400. The van der Waals surface area contributed by atoms with Gasteiger partial charge >= 0.3 is 0 Å². The molecule has 0 aromatic rings. The summed E-state index contributed by atoms with van der Waals surface area (Å²) >= 11 is 0. The Labute approximate surface area is 81.5 Å². The van der Waals surface area contributed by atoms with Gasteiger partial charge in [-0.15, -0.1) is 0 Å². The number of nitrogens with zero attached hydrogens (tertiary/aromatic N) is 1. The molecule has 4 rings (SSSR count). The number of rotatable bonds is 1. The first-order valence-corrected chi connectivity index (χ1v) is 5.96. The van der Waals surface area contributed by atoms with Gasteiger partial charge in [0.2, 0.25) is 0 Å². The van der Waals surface area contributed by atoms with Gasteiger partial charge in [-0.3, -0.25) is 0 Å². The Morgan fingerprint density at radius 3 is 2.08 bits per heavy atom. The number of hydrogen-bond acceptors (Lipinski definition) is 1. The van der Waals surface area contributed by atoms with Gasteiger partial charge in [-0.05, 0) is 42.4 Å². The molecule has 1 nitrogen and oxygen atoms in total. The highest BCUT2D eigenvalue weighted by atomic mass is 15.2. The SMILES string of the molecule is CC(C)C1C2CC3CC1CN(C3)C2. The number of hydrogen-bond donors (Lipinski definition) is 0. The van der Waals surface area contributed by atoms with Crippen LogP contribution in [0.1, 0.15) is 26.7 Å². The molecule has 3 saturated heterocycles. The smallest absolute Gasteiger partial charge is 0.00129 e. The molecule has 3 aliphatic heterocycles. The van der Waals surface area contributed by atoms with E-state index >= 15 is 0 Å². The Balaban J connectivity index is 1.85. The van der Waals surface area contributed by atoms with E-state index in [2.05, 4.69) is 18.7 Å². The first kappa shape index (κ1) is 8.28. The van der Waals surface area contributed by atoms with Gasteiger partial charge in [-0.1, -0.05) is 13.8 Å². The minimum absolute atomic E-state index is 0.927. The van der Waals surface area contributed by atoms with Crippen molar-refractivity contribution in [3.8, 4) is 0 Å². The highest BCUT2D eigenvalue weighted by Crippen LogP contribution is 2.49. The van der Waals surface area contributed by atoms with E-state index in [0.717, 1.165) is 29.6 Å². The van der Waals surface area contributed by atoms with Crippen LogP contribution in [-0.4, -0.2) is 24.5 Å². The molecule has 0 radical (unpaired) electrons. The maximum Gasteiger partial charge on any atom is 0.00129 e. The molecule has 1 saturated carbocycles. The van der Waals surface area contributed by atoms with E-state index in [9.17, 15) is 0 Å². The third kappa shape index (κ3) is 1.16. The highest BCUT2D eigenvalue weighted by Gasteiger charge is 2.47. The van der Waals surface area contributed by atoms with Crippen LogP contribution in [0.2, 0.25) is 0 Å². The predicted octanol–water partition coefficient (Wildman–Crippen LogP) is 2.23. The molecule has 0 amide bonds. The van der Waals surface area contributed by atoms with Crippen LogP contribution in [-0.2, 0) is 0 Å². The zero-order valence-electron chi connectivity index (χ0n) is 8.87. The first-order valence-electron chi connectivity index (χ1n) is 5.96. The van der Waals surface area contributed by atoms with Crippen molar-refractivity contribution in [2.45, 2.75) is 26.7 Å². The molecule has 2 unspecified atom stereocenters. The highest BCUT2D eigenvalue weighted by molar-refractivity contribution is 4.99. The summed E-state index contributed by atoms with van der Waals surface area (Å²) in [6.07, 6.45) is 3.10. The normalized spacial score (nSPS) is 53.3. The van der Waals surface area contributed by atoms with Gasteiger partial charge in [0.25, 0.3) is 0 Å². The molecule has 74 valence electrons. The van der Waals surface area contributed by atoms with Crippen LogP contribution in [0.4, 0.5) is 0 Å². The van der Waals surface area contributed by atoms with Gasteiger partial charge in [-0.25, -0.2) is 0 Å². The molecular formula is C12H21N. The lowest BCUT2D eigenvalue weighted by molar-refractivity contribution is -0.0797. The van der Waals surface area contributed by atoms with Crippen molar-refractivity contribution in [1.82, 2.24) is 4.90 Å². The molecule has 4 fully saturated rings. The average molecular weight is 179 g/mol. The fraction of sp³-hybridized carbons (Fsp3) is 1.00. The minimum Gasteiger partial charge on any atom is -0.302 e. The Morgan fingerprint density at radius 1 is 1.00 bits per heavy atom. The van der Waals surface area contributed by atoms with Crippen molar-refractivity contribution in [2.75, 3.05) is 19.6 Å². The van der Waals surface area contributed by atoms with Crippen LogP contribution < -0.4 is 0 Å². The van der Waals surface area contributed by atoms with Crippen LogP contribution in [0.25, 0.3) is 0 Å². The molecule has 4 aliphatic rings. The predicted molar refractivity (Wildman–Crippen MR) is 54.5 cm³/mol. The molecular weight excluding hydrogens is 158 g/mol. The Morgan fingerprint density at radius 2 is 1.62 bits per heavy atom. The molecule has 0 N–H and O–H groups in total. The Kier molecular flexibility index (Phi) is 1.74. The van der Waals surface area contributed by atoms with Crippen LogP contribution >= 0.6 is 0 Å². The lowest BCUT2D eigenvalue weighted by Gasteiger charge is -2.57. The van der Waals surface area contributed by atoms with E-state index in [0.29, 0.717) is 0 Å². The molecule has 0 aromatic carbocycles. The minimum atomic E-state index is 0.927. The van der Waals surface area contributed by atoms with Crippen molar-refractivity contribution in [2.24, 2.45) is 29.6 Å². The van der Waals surface area contributed by atoms with Gasteiger partial charge in [0.1, 0.15) is 0 Å². The molecule has 2 atom stereocenters. The molecule has 1 heteroatoms. The van der Waals surface area contributed by atoms with Gasteiger partial charge in [0.15, 0.2) is 0 Å². The van der Waals surface area contributed by atoms with E-state index in [1.54, 1.807) is 12.8 Å². The molecule has 0 aromatic heterocycles. The summed E-state index contributed by atoms with van der Waals surface area (Å²) in [5.74, 6) is 5.19. The van der Waals surface area contributed by atoms with E-state index < -0.39 is 0 Å². The third-order valence-electron chi connectivity index (χ3n) is 4.63. The number of piperidine rings is 3. The molecule has 0 spiro atoms. The lowest BCUT2D eigenvalue weighted by Crippen LogP contribution is -2.58. The molecule has 13 heavy (non-hydrogen) atoms. The van der Waals surface area contributed by atoms with E-state index in [1.165, 1.54) is 19.6 Å². The van der Waals surface area contributed by atoms with Gasteiger partial charge < -0.3 is 4.90 Å². The van der Waals surface area contributed by atoms with E-state index in [4.69, 9.17) is 0 Å². The summed E-state index contributed by atoms with van der Waals surface area (Å²) in [7, 11) is 0. The molecule has 1 aliphatic carbocycles. The van der Waals surface area contributed by atoms with Gasteiger partial charge in [0.05, 0.1) is 0 Å². The fourth-order valence-electron chi connectivity index (χ4n) is 4.53. The van der Waals surface area contributed by atoms with E-state index in [-0.39, 0.29) is 0 Å². The summed E-state index contributed by atoms with van der Waals surface area (Å²) in [6.45, 7) is 9.15. The monoisotopic (exact) mass is 179 g/mol. The second-order valence-electron chi connectivity index (χ2n) is 5.90. The van der Waals surface area contributed by atoms with Gasteiger partial charge in [-0.2, -0.15) is 0 Å². The molecule has 3 heterocycles. The quantitative estimate of drug-likeness (QED) is 0.596. The second kappa shape index (κ2) is 2.73. The largest absolute Gasteiger partial charge is 0.302 e. The first-order chi connectivity index (χ1) is 6.24. The fourth-order valence-corrected chi connectivity index (χ4v) is 4.53. The van der Waals surface area contributed by atoms with E-state index in [1.807, 2.05) is 0 Å². The maximum absolute atomic E-state index is 2.73. The standard InChI is InChI=1S/C12H21N/c1-8(2)12-10-3-9-4-11(12)7-13(5-9)6-10/h8-12H,3-7H2,1-2H3. The van der Waals surface area contributed by atoms with Crippen LogP contribution in [0, 0.1) is 29.6 Å². The van der Waals surface area contributed by atoms with Crippen molar-refractivity contribution in [3.05, 3.63) is 0 Å². The molecule has 4 bridgehead atoms. The van der Waals surface area contributed by atoms with Crippen molar-refractivity contribution >= 4 is 0 Å². The van der Waals surface area contributed by atoms with Crippen molar-refractivity contribution in [1.29, 1.82) is 0 Å². The third-order valence-corrected chi connectivity index (χ3v) is 4.63. The Bertz CT molecular complexity index is 181.